The number of nitrogens with zero attached hydrogens (tertiary/aromatic N) is 1. The van der Waals surface area contributed by atoms with Crippen LogP contribution in [0.4, 0.5) is 5.69 Å². The second-order valence-electron chi connectivity index (χ2n) is 8.35. The number of carbonyl (C=O) groups is 1. The first kappa shape index (κ1) is 24.5. The SMILES string of the molecule is COc1ccc(N([C@H](C)C(=O)NCCOc2ccc(C(C)(C)C)cc2)S(C)(=O)=O)cc1. The van der Waals surface area contributed by atoms with E-state index < -0.39 is 22.0 Å². The van der Waals surface area contributed by atoms with Crippen molar-refractivity contribution in [1.29, 1.82) is 0 Å². The van der Waals surface area contributed by atoms with Crippen molar-refractivity contribution in [3.8, 4) is 11.5 Å². The van der Waals surface area contributed by atoms with Crippen LogP contribution in [0.15, 0.2) is 48.5 Å². The molecule has 0 heterocycles. The van der Waals surface area contributed by atoms with E-state index in [4.69, 9.17) is 9.47 Å². The predicted octanol–water partition coefficient (Wildman–Crippen LogP) is 3.34. The highest BCUT2D eigenvalue weighted by Crippen LogP contribution is 2.25. The fourth-order valence-corrected chi connectivity index (χ4v) is 4.25. The van der Waals surface area contributed by atoms with E-state index in [2.05, 4.69) is 26.1 Å². The molecule has 0 bridgehead atoms. The molecule has 2 rings (SSSR count). The zero-order chi connectivity index (χ0) is 23.2. The Hall–Kier alpha value is -2.74. The van der Waals surface area contributed by atoms with Crippen LogP contribution >= 0.6 is 0 Å². The van der Waals surface area contributed by atoms with E-state index in [1.165, 1.54) is 12.7 Å². The number of sulfonamides is 1. The van der Waals surface area contributed by atoms with Crippen molar-refractivity contribution < 1.29 is 22.7 Å². The van der Waals surface area contributed by atoms with Gasteiger partial charge in [-0.15, -0.1) is 0 Å². The van der Waals surface area contributed by atoms with Gasteiger partial charge < -0.3 is 14.8 Å². The number of anilines is 1. The predicted molar refractivity (Wildman–Crippen MR) is 123 cm³/mol. The normalized spacial score (nSPS) is 12.7. The maximum Gasteiger partial charge on any atom is 0.243 e. The van der Waals surface area contributed by atoms with E-state index in [0.29, 0.717) is 17.2 Å². The molecule has 0 aliphatic carbocycles. The number of benzene rings is 2. The van der Waals surface area contributed by atoms with Crippen molar-refractivity contribution in [3.63, 3.8) is 0 Å². The Morgan fingerprint density at radius 1 is 1.03 bits per heavy atom. The van der Waals surface area contributed by atoms with Crippen LogP contribution in [0.3, 0.4) is 0 Å². The van der Waals surface area contributed by atoms with Crippen LogP contribution < -0.4 is 19.1 Å². The van der Waals surface area contributed by atoms with Crippen LogP contribution in [-0.2, 0) is 20.2 Å². The third-order valence-electron chi connectivity index (χ3n) is 4.81. The summed E-state index contributed by atoms with van der Waals surface area (Å²) in [6.45, 7) is 8.51. The molecule has 2 aromatic carbocycles. The van der Waals surface area contributed by atoms with E-state index in [-0.39, 0.29) is 18.6 Å². The van der Waals surface area contributed by atoms with Gasteiger partial charge in [0.25, 0.3) is 0 Å². The van der Waals surface area contributed by atoms with Gasteiger partial charge in [-0.25, -0.2) is 8.42 Å². The second-order valence-corrected chi connectivity index (χ2v) is 10.2. The van der Waals surface area contributed by atoms with Gasteiger partial charge in [-0.3, -0.25) is 9.10 Å². The van der Waals surface area contributed by atoms with Gasteiger partial charge in [-0.2, -0.15) is 0 Å². The maximum absolute atomic E-state index is 12.6. The Bertz CT molecular complexity index is 965. The number of carbonyl (C=O) groups excluding carboxylic acids is 1. The molecular weight excluding hydrogens is 416 g/mol. The van der Waals surface area contributed by atoms with Crippen LogP contribution in [0.25, 0.3) is 0 Å². The summed E-state index contributed by atoms with van der Waals surface area (Å²) in [5.74, 6) is 0.904. The van der Waals surface area contributed by atoms with Gasteiger partial charge >= 0.3 is 0 Å². The summed E-state index contributed by atoms with van der Waals surface area (Å²) >= 11 is 0. The van der Waals surface area contributed by atoms with Crippen LogP contribution in [0.5, 0.6) is 11.5 Å². The van der Waals surface area contributed by atoms with Crippen molar-refractivity contribution in [2.24, 2.45) is 0 Å². The van der Waals surface area contributed by atoms with E-state index in [0.717, 1.165) is 10.6 Å². The number of hydrogen-bond acceptors (Lipinski definition) is 5. The number of amides is 1. The summed E-state index contributed by atoms with van der Waals surface area (Å²) < 4.78 is 36.5. The lowest BCUT2D eigenvalue weighted by molar-refractivity contribution is -0.121. The van der Waals surface area contributed by atoms with E-state index >= 15 is 0 Å². The van der Waals surface area contributed by atoms with Crippen LogP contribution in [0.2, 0.25) is 0 Å². The monoisotopic (exact) mass is 448 g/mol. The minimum absolute atomic E-state index is 0.0675. The molecule has 0 saturated carbocycles. The Balaban J connectivity index is 1.94. The number of methoxy groups -OCH3 is 1. The molecule has 0 unspecified atom stereocenters. The molecule has 1 atom stereocenters. The number of rotatable bonds is 9. The van der Waals surface area contributed by atoms with Gasteiger partial charge in [0.1, 0.15) is 24.1 Å². The van der Waals surface area contributed by atoms with Gasteiger partial charge in [-0.1, -0.05) is 32.9 Å². The van der Waals surface area contributed by atoms with Gasteiger partial charge in [0.2, 0.25) is 15.9 Å². The fraction of sp³-hybridized carbons (Fsp3) is 0.435. The maximum atomic E-state index is 12.6. The summed E-state index contributed by atoms with van der Waals surface area (Å²) in [7, 11) is -2.14. The van der Waals surface area contributed by atoms with Gasteiger partial charge in [0.15, 0.2) is 0 Å². The van der Waals surface area contributed by atoms with Crippen LogP contribution in [-0.4, -0.2) is 46.9 Å². The van der Waals surface area contributed by atoms with Gasteiger partial charge in [-0.05, 0) is 54.3 Å². The Kier molecular flexibility index (Phi) is 7.95. The lowest BCUT2D eigenvalue weighted by atomic mass is 9.87. The Morgan fingerprint density at radius 2 is 1.58 bits per heavy atom. The molecule has 0 aromatic heterocycles. The summed E-state index contributed by atoms with van der Waals surface area (Å²) in [5, 5.41) is 2.74. The van der Waals surface area contributed by atoms with Crippen molar-refractivity contribution in [3.05, 3.63) is 54.1 Å². The molecule has 1 N–H and O–H groups in total. The summed E-state index contributed by atoms with van der Waals surface area (Å²) in [5.41, 5.74) is 1.67. The minimum atomic E-state index is -3.67. The van der Waals surface area contributed by atoms with Gasteiger partial charge in [0.05, 0.1) is 25.6 Å². The Morgan fingerprint density at radius 3 is 2.06 bits per heavy atom. The molecule has 0 spiro atoms. The quantitative estimate of drug-likeness (QED) is 0.595. The molecule has 0 aliphatic heterocycles. The number of hydrogen-bond donors (Lipinski definition) is 1. The standard InChI is InChI=1S/C23H32N2O5S/c1-17(25(31(6,27)28)19-9-13-20(29-5)14-10-19)22(26)24-15-16-30-21-11-7-18(8-12-21)23(2,3)4/h7-14,17H,15-16H2,1-6H3,(H,24,26)/t17-/m1/s1. The molecule has 0 fully saturated rings. The largest absolute Gasteiger partial charge is 0.497 e. The molecule has 0 saturated heterocycles. The molecule has 1 amide bonds. The van der Waals surface area contributed by atoms with Crippen molar-refractivity contribution in [2.75, 3.05) is 30.8 Å². The second kappa shape index (κ2) is 10.0. The first-order valence-corrected chi connectivity index (χ1v) is 11.9. The average molecular weight is 449 g/mol. The molecule has 0 radical (unpaired) electrons. The minimum Gasteiger partial charge on any atom is -0.497 e. The third-order valence-corrected chi connectivity index (χ3v) is 6.05. The summed E-state index contributed by atoms with van der Waals surface area (Å²) in [4.78, 5) is 12.6. The fourth-order valence-electron chi connectivity index (χ4n) is 3.08. The van der Waals surface area contributed by atoms with Gasteiger partial charge in [0, 0.05) is 0 Å². The number of ether oxygens (including phenoxy) is 2. The Labute approximate surface area is 185 Å². The zero-order valence-corrected chi connectivity index (χ0v) is 19.8. The lowest BCUT2D eigenvalue weighted by Crippen LogP contribution is -2.48. The van der Waals surface area contributed by atoms with Crippen molar-refractivity contribution in [1.82, 2.24) is 5.32 Å². The van der Waals surface area contributed by atoms with Crippen LogP contribution in [0, 0.1) is 0 Å². The van der Waals surface area contributed by atoms with Crippen molar-refractivity contribution >= 4 is 21.6 Å². The molecule has 8 heteroatoms. The summed E-state index contributed by atoms with van der Waals surface area (Å²) in [6, 6.07) is 13.4. The lowest BCUT2D eigenvalue weighted by Gasteiger charge is -2.28. The molecular formula is C23H32N2O5S. The zero-order valence-electron chi connectivity index (χ0n) is 19.0. The summed E-state index contributed by atoms with van der Waals surface area (Å²) in [6.07, 6.45) is 1.07. The average Bonchev–Trinajstić information content (AvgIpc) is 2.70. The smallest absolute Gasteiger partial charge is 0.243 e. The third kappa shape index (κ3) is 6.89. The number of nitrogens with one attached hydrogen (secondary N) is 1. The highest BCUT2D eigenvalue weighted by Gasteiger charge is 2.29. The molecule has 0 aliphatic rings. The highest BCUT2D eigenvalue weighted by molar-refractivity contribution is 7.92. The first-order valence-electron chi connectivity index (χ1n) is 10.1. The van der Waals surface area contributed by atoms with E-state index in [1.807, 2.05) is 24.3 Å². The topological polar surface area (TPSA) is 84.9 Å². The highest BCUT2D eigenvalue weighted by atomic mass is 32.2. The molecule has 2 aromatic rings. The van der Waals surface area contributed by atoms with Crippen LogP contribution in [0.1, 0.15) is 33.3 Å². The first-order chi connectivity index (χ1) is 14.4. The van der Waals surface area contributed by atoms with E-state index in [1.54, 1.807) is 31.2 Å². The molecule has 7 nitrogen and oxygen atoms in total. The van der Waals surface area contributed by atoms with E-state index in [9.17, 15) is 13.2 Å². The van der Waals surface area contributed by atoms with Crippen molar-refractivity contribution in [2.45, 2.75) is 39.2 Å². The molecule has 31 heavy (non-hydrogen) atoms. The molecule has 170 valence electrons.